The van der Waals surface area contributed by atoms with Gasteiger partial charge in [0.1, 0.15) is 5.69 Å². The fraction of sp³-hybridized carbons (Fsp3) is 0.333. The van der Waals surface area contributed by atoms with Crippen molar-refractivity contribution in [2.45, 2.75) is 24.3 Å². The van der Waals surface area contributed by atoms with Gasteiger partial charge in [-0.25, -0.2) is 4.68 Å². The maximum atomic E-state index is 9.65. The second kappa shape index (κ2) is 5.33. The first kappa shape index (κ1) is 12.1. The van der Waals surface area contributed by atoms with Gasteiger partial charge in [-0.3, -0.25) is 0 Å². The highest BCUT2D eigenvalue weighted by molar-refractivity contribution is 7.98. The molecule has 2 aromatic rings. The third kappa shape index (κ3) is 2.68. The summed E-state index contributed by atoms with van der Waals surface area (Å²) in [4.78, 5) is 1.21. The second-order valence-corrected chi connectivity index (χ2v) is 4.59. The highest BCUT2D eigenvalue weighted by Gasteiger charge is 2.10. The molecular formula is C12H15N3OS. The number of aliphatic hydroxyl groups is 1. The third-order valence-electron chi connectivity index (χ3n) is 2.58. The van der Waals surface area contributed by atoms with Gasteiger partial charge in [0, 0.05) is 4.90 Å². The maximum absolute atomic E-state index is 9.65. The van der Waals surface area contributed by atoms with Crippen LogP contribution in [-0.4, -0.2) is 26.4 Å². The van der Waals surface area contributed by atoms with Crippen molar-refractivity contribution in [2.75, 3.05) is 6.26 Å². The van der Waals surface area contributed by atoms with Crippen LogP contribution in [0, 0.1) is 0 Å². The summed E-state index contributed by atoms with van der Waals surface area (Å²) in [5.74, 6) is 0. The minimum Gasteiger partial charge on any atom is -0.387 e. The van der Waals surface area contributed by atoms with E-state index in [0.717, 1.165) is 5.69 Å². The molecule has 2 rings (SSSR count). The first-order valence-electron chi connectivity index (χ1n) is 5.49. The second-order valence-electron chi connectivity index (χ2n) is 3.71. The fourth-order valence-corrected chi connectivity index (χ4v) is 1.91. The summed E-state index contributed by atoms with van der Waals surface area (Å²) in [6.07, 6.45) is 3.92. The highest BCUT2D eigenvalue weighted by Crippen LogP contribution is 2.18. The van der Waals surface area contributed by atoms with Gasteiger partial charge in [0.05, 0.1) is 18.0 Å². The molecule has 1 N–H and O–H groups in total. The van der Waals surface area contributed by atoms with Gasteiger partial charge >= 0.3 is 0 Å². The minimum atomic E-state index is -0.533. The zero-order valence-electron chi connectivity index (χ0n) is 9.87. The minimum absolute atomic E-state index is 0.533. The van der Waals surface area contributed by atoms with Gasteiger partial charge < -0.3 is 5.11 Å². The molecular weight excluding hydrogens is 234 g/mol. The van der Waals surface area contributed by atoms with Crippen LogP contribution in [-0.2, 0) is 0 Å². The van der Waals surface area contributed by atoms with E-state index in [1.165, 1.54) is 4.90 Å². The predicted molar refractivity (Wildman–Crippen MR) is 68.4 cm³/mol. The summed E-state index contributed by atoms with van der Waals surface area (Å²) in [7, 11) is 0. The number of thioether (sulfide) groups is 1. The monoisotopic (exact) mass is 249 g/mol. The number of hydrogen-bond acceptors (Lipinski definition) is 4. The topological polar surface area (TPSA) is 50.9 Å². The van der Waals surface area contributed by atoms with E-state index in [1.807, 2.05) is 37.4 Å². The normalized spacial score (nSPS) is 12.6. The van der Waals surface area contributed by atoms with E-state index < -0.39 is 6.10 Å². The van der Waals surface area contributed by atoms with Crippen molar-refractivity contribution in [1.29, 1.82) is 0 Å². The Morgan fingerprint density at radius 3 is 2.65 bits per heavy atom. The molecule has 0 fully saturated rings. The average molecular weight is 249 g/mol. The Labute approximate surface area is 105 Å². The zero-order chi connectivity index (χ0) is 12.3. The molecule has 0 saturated heterocycles. The lowest BCUT2D eigenvalue weighted by molar-refractivity contribution is 0.169. The van der Waals surface area contributed by atoms with E-state index in [1.54, 1.807) is 22.6 Å². The summed E-state index contributed by atoms with van der Waals surface area (Å²) in [6.45, 7) is 1.91. The molecule has 90 valence electrons. The largest absolute Gasteiger partial charge is 0.387 e. The Kier molecular flexibility index (Phi) is 3.81. The van der Waals surface area contributed by atoms with Crippen molar-refractivity contribution in [1.82, 2.24) is 15.0 Å². The third-order valence-corrected chi connectivity index (χ3v) is 3.32. The van der Waals surface area contributed by atoms with Crippen LogP contribution in [0.2, 0.25) is 0 Å². The molecule has 17 heavy (non-hydrogen) atoms. The van der Waals surface area contributed by atoms with Gasteiger partial charge in [-0.1, -0.05) is 12.1 Å². The van der Waals surface area contributed by atoms with Gasteiger partial charge in [0.15, 0.2) is 0 Å². The lowest BCUT2D eigenvalue weighted by atomic mass is 10.2. The van der Waals surface area contributed by atoms with Crippen LogP contribution in [0.15, 0.2) is 35.4 Å². The van der Waals surface area contributed by atoms with E-state index in [2.05, 4.69) is 10.3 Å². The van der Waals surface area contributed by atoms with Crippen molar-refractivity contribution >= 4 is 11.8 Å². The average Bonchev–Trinajstić information content (AvgIpc) is 2.87. The smallest absolute Gasteiger partial charge is 0.112 e. The van der Waals surface area contributed by atoms with Gasteiger partial charge in [-0.2, -0.15) is 0 Å². The summed E-state index contributed by atoms with van der Waals surface area (Å²) >= 11 is 1.70. The molecule has 0 radical (unpaired) electrons. The molecule has 1 aromatic carbocycles. The Morgan fingerprint density at radius 1 is 1.35 bits per heavy atom. The van der Waals surface area contributed by atoms with Crippen LogP contribution in [0.25, 0.3) is 5.69 Å². The standard InChI is InChI=1S/C12H15N3OS/c1-3-12(16)11-8-15(14-13-11)9-4-6-10(17-2)7-5-9/h4-8,12,16H,3H2,1-2H3. The van der Waals surface area contributed by atoms with Gasteiger partial charge in [0.2, 0.25) is 0 Å². The van der Waals surface area contributed by atoms with Crippen LogP contribution in [0.1, 0.15) is 25.1 Å². The Morgan fingerprint density at radius 2 is 2.06 bits per heavy atom. The molecule has 1 unspecified atom stereocenters. The lowest BCUT2D eigenvalue weighted by Gasteiger charge is -2.02. The molecule has 1 heterocycles. The highest BCUT2D eigenvalue weighted by atomic mass is 32.2. The Bertz CT molecular complexity index is 481. The first-order chi connectivity index (χ1) is 8.24. The molecule has 1 aromatic heterocycles. The van der Waals surface area contributed by atoms with Gasteiger partial charge in [0.25, 0.3) is 0 Å². The van der Waals surface area contributed by atoms with Crippen molar-refractivity contribution < 1.29 is 5.11 Å². The van der Waals surface area contributed by atoms with E-state index in [-0.39, 0.29) is 0 Å². The van der Waals surface area contributed by atoms with Gasteiger partial charge in [-0.05, 0) is 36.9 Å². The van der Waals surface area contributed by atoms with Crippen molar-refractivity contribution in [3.8, 4) is 5.69 Å². The summed E-state index contributed by atoms with van der Waals surface area (Å²) in [5, 5.41) is 17.6. The van der Waals surface area contributed by atoms with E-state index >= 15 is 0 Å². The SMILES string of the molecule is CCC(O)c1cn(-c2ccc(SC)cc2)nn1. The predicted octanol–water partition coefficient (Wildman–Crippen LogP) is 2.43. The van der Waals surface area contributed by atoms with Crippen LogP contribution < -0.4 is 0 Å². The lowest BCUT2D eigenvalue weighted by Crippen LogP contribution is -1.95. The molecule has 0 spiro atoms. The van der Waals surface area contributed by atoms with Crippen LogP contribution >= 0.6 is 11.8 Å². The van der Waals surface area contributed by atoms with E-state index in [9.17, 15) is 5.11 Å². The molecule has 0 aliphatic rings. The molecule has 1 atom stereocenters. The van der Waals surface area contributed by atoms with Crippen LogP contribution in [0.3, 0.4) is 0 Å². The van der Waals surface area contributed by atoms with Crippen LogP contribution in [0.4, 0.5) is 0 Å². The number of aromatic nitrogens is 3. The van der Waals surface area contributed by atoms with Crippen molar-refractivity contribution in [3.63, 3.8) is 0 Å². The first-order valence-corrected chi connectivity index (χ1v) is 6.71. The maximum Gasteiger partial charge on any atom is 0.112 e. The summed E-state index contributed by atoms with van der Waals surface area (Å²) in [6, 6.07) is 8.06. The molecule has 0 amide bonds. The number of aliphatic hydroxyl groups excluding tert-OH is 1. The molecule has 0 saturated carbocycles. The van der Waals surface area contributed by atoms with E-state index in [4.69, 9.17) is 0 Å². The number of nitrogens with zero attached hydrogens (tertiary/aromatic N) is 3. The van der Waals surface area contributed by atoms with Crippen molar-refractivity contribution in [3.05, 3.63) is 36.2 Å². The Hall–Kier alpha value is -1.33. The number of rotatable bonds is 4. The van der Waals surface area contributed by atoms with Gasteiger partial charge in [-0.15, -0.1) is 16.9 Å². The van der Waals surface area contributed by atoms with E-state index in [0.29, 0.717) is 12.1 Å². The van der Waals surface area contributed by atoms with Crippen molar-refractivity contribution in [2.24, 2.45) is 0 Å². The molecule has 5 heteroatoms. The quantitative estimate of drug-likeness (QED) is 0.846. The number of hydrogen-bond donors (Lipinski definition) is 1. The molecule has 0 aliphatic heterocycles. The number of benzene rings is 1. The summed E-state index contributed by atoms with van der Waals surface area (Å²) < 4.78 is 1.68. The van der Waals surface area contributed by atoms with Crippen LogP contribution in [0.5, 0.6) is 0 Å². The summed E-state index contributed by atoms with van der Waals surface area (Å²) in [5.41, 5.74) is 1.56. The zero-order valence-corrected chi connectivity index (χ0v) is 10.7. The molecule has 4 nitrogen and oxygen atoms in total. The molecule has 0 aliphatic carbocycles. The molecule has 0 bridgehead atoms. The fourth-order valence-electron chi connectivity index (χ4n) is 1.50. The Balaban J connectivity index is 2.24.